The van der Waals surface area contributed by atoms with E-state index in [1.807, 2.05) is 6.07 Å². The number of nitrogens with zero attached hydrogens (tertiary/aromatic N) is 1. The largest absolute Gasteiger partial charge is 0.332 e. The van der Waals surface area contributed by atoms with Crippen LogP contribution in [0, 0.1) is 17.1 Å². The van der Waals surface area contributed by atoms with Crippen molar-refractivity contribution in [1.29, 1.82) is 5.26 Å². The first-order valence-electron chi connectivity index (χ1n) is 8.53. The zero-order valence-electron chi connectivity index (χ0n) is 15.0. The van der Waals surface area contributed by atoms with E-state index in [2.05, 4.69) is 10.0 Å². The van der Waals surface area contributed by atoms with Crippen LogP contribution in [0.4, 0.5) is 10.1 Å². The molecule has 29 heavy (non-hydrogen) atoms. The van der Waals surface area contributed by atoms with E-state index in [9.17, 15) is 22.9 Å². The third-order valence-corrected chi connectivity index (χ3v) is 5.45. The highest BCUT2D eigenvalue weighted by Gasteiger charge is 2.19. The normalized spacial score (nSPS) is 11.9. The van der Waals surface area contributed by atoms with Crippen molar-refractivity contribution in [1.82, 2.24) is 5.32 Å². The molecule has 1 unspecified atom stereocenters. The van der Waals surface area contributed by atoms with Gasteiger partial charge in [-0.2, -0.15) is 5.26 Å². The Labute approximate surface area is 167 Å². The Morgan fingerprint density at radius 3 is 2.34 bits per heavy atom. The summed E-state index contributed by atoms with van der Waals surface area (Å²) in [6, 6.07) is 19.9. The van der Waals surface area contributed by atoms with Crippen LogP contribution < -0.4 is 10.0 Å². The van der Waals surface area contributed by atoms with E-state index in [1.165, 1.54) is 54.6 Å². The number of amides is 1. The summed E-state index contributed by atoms with van der Waals surface area (Å²) in [4.78, 5) is 12.6. The first kappa shape index (κ1) is 20.0. The van der Waals surface area contributed by atoms with Crippen molar-refractivity contribution < 1.29 is 17.6 Å². The van der Waals surface area contributed by atoms with Gasteiger partial charge in [-0.1, -0.05) is 42.5 Å². The molecule has 0 saturated heterocycles. The average molecular weight is 409 g/mol. The van der Waals surface area contributed by atoms with E-state index < -0.39 is 27.8 Å². The van der Waals surface area contributed by atoms with Crippen LogP contribution in [0.2, 0.25) is 0 Å². The highest BCUT2D eigenvalue weighted by molar-refractivity contribution is 7.92. The molecule has 0 aliphatic heterocycles. The summed E-state index contributed by atoms with van der Waals surface area (Å²) in [6.07, 6.45) is 0. The molecule has 0 radical (unpaired) electrons. The lowest BCUT2D eigenvalue weighted by molar-refractivity contribution is 0.0944. The second-order valence-corrected chi connectivity index (χ2v) is 7.74. The van der Waals surface area contributed by atoms with E-state index in [4.69, 9.17) is 0 Å². The Balaban J connectivity index is 1.79. The van der Waals surface area contributed by atoms with Gasteiger partial charge < -0.3 is 5.32 Å². The number of benzene rings is 3. The summed E-state index contributed by atoms with van der Waals surface area (Å²) >= 11 is 0. The molecule has 1 amide bonds. The molecule has 2 N–H and O–H groups in total. The molecular formula is C21H16FN3O3S. The van der Waals surface area contributed by atoms with E-state index >= 15 is 0 Å². The average Bonchev–Trinajstić information content (AvgIpc) is 2.73. The molecule has 0 fully saturated rings. The summed E-state index contributed by atoms with van der Waals surface area (Å²) in [5.41, 5.74) is 0.347. The van der Waals surface area contributed by atoms with Gasteiger partial charge in [-0.3, -0.25) is 9.52 Å². The fraction of sp³-hybridized carbons (Fsp3) is 0.0476. The van der Waals surface area contributed by atoms with Gasteiger partial charge in [0.2, 0.25) is 0 Å². The number of rotatable bonds is 6. The van der Waals surface area contributed by atoms with Crippen molar-refractivity contribution in [3.8, 4) is 6.07 Å². The van der Waals surface area contributed by atoms with Crippen LogP contribution in [-0.4, -0.2) is 14.3 Å². The predicted octanol–water partition coefficient (Wildman–Crippen LogP) is 3.62. The fourth-order valence-electron chi connectivity index (χ4n) is 2.64. The first-order chi connectivity index (χ1) is 13.9. The van der Waals surface area contributed by atoms with Crippen molar-refractivity contribution in [2.24, 2.45) is 0 Å². The van der Waals surface area contributed by atoms with Crippen molar-refractivity contribution in [3.05, 3.63) is 95.8 Å². The van der Waals surface area contributed by atoms with Crippen LogP contribution in [0.3, 0.4) is 0 Å². The van der Waals surface area contributed by atoms with E-state index in [1.54, 1.807) is 24.3 Å². The molecule has 146 valence electrons. The third-order valence-electron chi connectivity index (χ3n) is 4.05. The molecule has 0 spiro atoms. The lowest BCUT2D eigenvalue weighted by Gasteiger charge is -2.14. The topological polar surface area (TPSA) is 99.1 Å². The Morgan fingerprint density at radius 1 is 0.966 bits per heavy atom. The monoisotopic (exact) mass is 409 g/mol. The molecule has 3 rings (SSSR count). The number of carbonyl (C=O) groups is 1. The lowest BCUT2D eigenvalue weighted by atomic mass is 10.1. The molecule has 0 bridgehead atoms. The van der Waals surface area contributed by atoms with E-state index in [0.717, 1.165) is 0 Å². The lowest BCUT2D eigenvalue weighted by Crippen LogP contribution is -2.28. The summed E-state index contributed by atoms with van der Waals surface area (Å²) in [5, 5.41) is 11.8. The van der Waals surface area contributed by atoms with Crippen LogP contribution in [0.25, 0.3) is 0 Å². The van der Waals surface area contributed by atoms with Crippen molar-refractivity contribution in [2.75, 3.05) is 4.72 Å². The maximum atomic E-state index is 13.9. The molecule has 0 aliphatic carbocycles. The molecule has 0 aliphatic rings. The number of carbonyl (C=O) groups excluding carboxylic acids is 1. The molecule has 0 heterocycles. The van der Waals surface area contributed by atoms with Gasteiger partial charge in [0.1, 0.15) is 11.9 Å². The van der Waals surface area contributed by atoms with Crippen LogP contribution in [0.15, 0.2) is 83.8 Å². The molecule has 8 heteroatoms. The minimum absolute atomic E-state index is 0.0456. The molecule has 0 saturated carbocycles. The summed E-state index contributed by atoms with van der Waals surface area (Å²) < 4.78 is 41.2. The number of halogens is 1. The van der Waals surface area contributed by atoms with Gasteiger partial charge in [0, 0.05) is 16.8 Å². The number of anilines is 1. The van der Waals surface area contributed by atoms with Gasteiger partial charge >= 0.3 is 0 Å². The van der Waals surface area contributed by atoms with Crippen LogP contribution in [0.5, 0.6) is 0 Å². The van der Waals surface area contributed by atoms with Crippen LogP contribution >= 0.6 is 0 Å². The third kappa shape index (κ3) is 4.78. The predicted molar refractivity (Wildman–Crippen MR) is 106 cm³/mol. The second kappa shape index (κ2) is 8.54. The smallest absolute Gasteiger partial charge is 0.261 e. The fourth-order valence-corrected chi connectivity index (χ4v) is 3.71. The zero-order chi connectivity index (χ0) is 20.9. The molecule has 3 aromatic carbocycles. The molecule has 6 nitrogen and oxygen atoms in total. The number of hydrogen-bond acceptors (Lipinski definition) is 4. The van der Waals surface area contributed by atoms with Crippen LogP contribution in [-0.2, 0) is 10.0 Å². The number of nitrogens with one attached hydrogen (secondary N) is 2. The van der Waals surface area contributed by atoms with Crippen LogP contribution in [0.1, 0.15) is 22.0 Å². The van der Waals surface area contributed by atoms with Crippen molar-refractivity contribution in [2.45, 2.75) is 10.9 Å². The molecule has 0 aromatic heterocycles. The van der Waals surface area contributed by atoms with Crippen molar-refractivity contribution in [3.63, 3.8) is 0 Å². The van der Waals surface area contributed by atoms with Crippen molar-refractivity contribution >= 4 is 21.6 Å². The number of hydrogen-bond donors (Lipinski definition) is 2. The van der Waals surface area contributed by atoms with Gasteiger partial charge in [-0.05, 0) is 36.4 Å². The SMILES string of the molecule is N#CC(NC(=O)c1cccc(NS(=O)(=O)c2ccccc2)c1)c1ccccc1F. The Hall–Kier alpha value is -3.70. The minimum atomic E-state index is -3.82. The number of sulfonamides is 1. The summed E-state index contributed by atoms with van der Waals surface area (Å²) in [7, 11) is -3.82. The Bertz CT molecular complexity index is 1180. The Morgan fingerprint density at radius 2 is 1.66 bits per heavy atom. The molecule has 3 aromatic rings. The van der Waals surface area contributed by atoms with E-state index in [-0.39, 0.29) is 21.7 Å². The molecular weight excluding hydrogens is 393 g/mol. The summed E-state index contributed by atoms with van der Waals surface area (Å²) in [6.45, 7) is 0. The first-order valence-corrected chi connectivity index (χ1v) is 10.0. The van der Waals surface area contributed by atoms with Gasteiger partial charge in [0.25, 0.3) is 15.9 Å². The second-order valence-electron chi connectivity index (χ2n) is 6.06. The Kier molecular flexibility index (Phi) is 5.90. The van der Waals surface area contributed by atoms with Gasteiger partial charge in [0.05, 0.1) is 11.0 Å². The van der Waals surface area contributed by atoms with Gasteiger partial charge in [-0.25, -0.2) is 12.8 Å². The minimum Gasteiger partial charge on any atom is -0.332 e. The molecule has 1 atom stereocenters. The quantitative estimate of drug-likeness (QED) is 0.649. The van der Waals surface area contributed by atoms with Gasteiger partial charge in [0.15, 0.2) is 0 Å². The zero-order valence-corrected chi connectivity index (χ0v) is 15.9. The summed E-state index contributed by atoms with van der Waals surface area (Å²) in [5.74, 6) is -1.25. The van der Waals surface area contributed by atoms with Gasteiger partial charge in [-0.15, -0.1) is 0 Å². The number of nitriles is 1. The standard InChI is InChI=1S/C21H16FN3O3S/c22-19-12-5-4-11-18(19)20(14-23)24-21(26)15-7-6-8-16(13-15)25-29(27,28)17-9-2-1-3-10-17/h1-13,20,25H,(H,24,26). The highest BCUT2D eigenvalue weighted by Crippen LogP contribution is 2.19. The maximum absolute atomic E-state index is 13.9. The maximum Gasteiger partial charge on any atom is 0.261 e. The highest BCUT2D eigenvalue weighted by atomic mass is 32.2. The van der Waals surface area contributed by atoms with E-state index in [0.29, 0.717) is 0 Å².